The standard InChI is InChI=1S/C26H33N5O3/c1-19-9-7-13-22(28-19)29-23(32)21-12-8-16-31(18-21)24(33)26(14-5-6-15-26)30-25(34)27-17-20-10-3-2-4-11-20/h2-4,7,9-11,13,21H,5-6,8,12,14-18H2,1H3,(H2,27,30,34)(H,28,29,32). The number of pyridine rings is 1. The number of amides is 4. The van der Waals surface area contributed by atoms with E-state index in [1.165, 1.54) is 0 Å². The first-order valence-corrected chi connectivity index (χ1v) is 12.1. The normalized spacial score (nSPS) is 19.3. The summed E-state index contributed by atoms with van der Waals surface area (Å²) < 4.78 is 0. The molecule has 1 unspecified atom stereocenters. The van der Waals surface area contributed by atoms with Crippen LogP contribution in [0.2, 0.25) is 0 Å². The third-order valence-corrected chi connectivity index (χ3v) is 6.73. The highest BCUT2D eigenvalue weighted by molar-refractivity contribution is 5.94. The van der Waals surface area contributed by atoms with Crippen LogP contribution in [0, 0.1) is 12.8 Å². The lowest BCUT2D eigenvalue weighted by Crippen LogP contribution is -2.61. The second-order valence-electron chi connectivity index (χ2n) is 9.33. The number of hydrogen-bond acceptors (Lipinski definition) is 4. The molecule has 0 spiro atoms. The van der Waals surface area contributed by atoms with Gasteiger partial charge in [-0.25, -0.2) is 9.78 Å². The zero-order valence-electron chi connectivity index (χ0n) is 19.7. The third-order valence-electron chi connectivity index (χ3n) is 6.73. The highest BCUT2D eigenvalue weighted by Crippen LogP contribution is 2.33. The summed E-state index contributed by atoms with van der Waals surface area (Å²) in [5.41, 5.74) is 0.924. The van der Waals surface area contributed by atoms with Gasteiger partial charge in [0.2, 0.25) is 11.8 Å². The van der Waals surface area contributed by atoms with Gasteiger partial charge in [-0.1, -0.05) is 49.2 Å². The highest BCUT2D eigenvalue weighted by Gasteiger charge is 2.46. The molecule has 1 aromatic heterocycles. The fourth-order valence-electron chi connectivity index (χ4n) is 4.93. The maximum absolute atomic E-state index is 13.6. The van der Waals surface area contributed by atoms with Crippen molar-refractivity contribution in [2.45, 2.75) is 57.5 Å². The van der Waals surface area contributed by atoms with E-state index in [9.17, 15) is 14.4 Å². The number of nitrogens with one attached hydrogen (secondary N) is 3. The number of nitrogens with zero attached hydrogens (tertiary/aromatic N) is 2. The van der Waals surface area contributed by atoms with Gasteiger partial charge in [0, 0.05) is 25.3 Å². The Morgan fingerprint density at radius 2 is 1.79 bits per heavy atom. The molecule has 0 bridgehead atoms. The van der Waals surface area contributed by atoms with E-state index in [0.717, 1.165) is 36.9 Å². The Hall–Kier alpha value is -3.42. The van der Waals surface area contributed by atoms with Crippen molar-refractivity contribution in [2.75, 3.05) is 18.4 Å². The predicted octanol–water partition coefficient (Wildman–Crippen LogP) is 3.38. The van der Waals surface area contributed by atoms with E-state index in [2.05, 4.69) is 20.9 Å². The number of likely N-dealkylation sites (tertiary alicyclic amines) is 1. The minimum absolute atomic E-state index is 0.0777. The van der Waals surface area contributed by atoms with Crippen molar-refractivity contribution in [1.82, 2.24) is 20.5 Å². The molecule has 2 aliphatic rings. The van der Waals surface area contributed by atoms with E-state index in [0.29, 0.717) is 38.3 Å². The second kappa shape index (κ2) is 10.7. The first-order chi connectivity index (χ1) is 16.4. The van der Waals surface area contributed by atoms with Crippen LogP contribution in [-0.4, -0.2) is 46.4 Å². The number of hydrogen-bond donors (Lipinski definition) is 3. The molecule has 4 amide bonds. The highest BCUT2D eigenvalue weighted by atomic mass is 16.2. The second-order valence-corrected chi connectivity index (χ2v) is 9.33. The molecule has 1 saturated heterocycles. The van der Waals surface area contributed by atoms with Gasteiger partial charge in [-0.2, -0.15) is 0 Å². The number of anilines is 1. The molecule has 1 aliphatic carbocycles. The van der Waals surface area contributed by atoms with Crippen LogP contribution >= 0.6 is 0 Å². The van der Waals surface area contributed by atoms with E-state index < -0.39 is 5.54 Å². The van der Waals surface area contributed by atoms with E-state index in [1.54, 1.807) is 11.0 Å². The minimum atomic E-state index is -0.906. The lowest BCUT2D eigenvalue weighted by molar-refractivity contribution is -0.140. The Labute approximate surface area is 200 Å². The van der Waals surface area contributed by atoms with Crippen LogP contribution < -0.4 is 16.0 Å². The van der Waals surface area contributed by atoms with Gasteiger partial charge in [-0.05, 0) is 50.3 Å². The molecule has 1 aliphatic heterocycles. The maximum Gasteiger partial charge on any atom is 0.315 e. The molecule has 2 heterocycles. The molecule has 3 N–H and O–H groups in total. The van der Waals surface area contributed by atoms with Gasteiger partial charge in [-0.15, -0.1) is 0 Å². The van der Waals surface area contributed by atoms with Crippen molar-refractivity contribution in [3.05, 3.63) is 59.8 Å². The summed E-state index contributed by atoms with van der Waals surface area (Å²) in [7, 11) is 0. The molecule has 8 heteroatoms. The fraction of sp³-hybridized carbons (Fsp3) is 0.462. The van der Waals surface area contributed by atoms with E-state index in [4.69, 9.17) is 0 Å². The van der Waals surface area contributed by atoms with Crippen LogP contribution in [0.15, 0.2) is 48.5 Å². The van der Waals surface area contributed by atoms with Crippen molar-refractivity contribution in [2.24, 2.45) is 5.92 Å². The first-order valence-electron chi connectivity index (χ1n) is 12.1. The number of carbonyl (C=O) groups excluding carboxylic acids is 3. The zero-order valence-corrected chi connectivity index (χ0v) is 19.7. The van der Waals surface area contributed by atoms with Crippen LogP contribution in [0.4, 0.5) is 10.6 Å². The average molecular weight is 464 g/mol. The fourth-order valence-corrected chi connectivity index (χ4v) is 4.93. The van der Waals surface area contributed by atoms with Gasteiger partial charge in [0.25, 0.3) is 0 Å². The van der Waals surface area contributed by atoms with Crippen LogP contribution in [0.3, 0.4) is 0 Å². The Morgan fingerprint density at radius 3 is 2.53 bits per heavy atom. The van der Waals surface area contributed by atoms with E-state index in [1.807, 2.05) is 49.4 Å². The summed E-state index contributed by atoms with van der Waals surface area (Å²) in [4.78, 5) is 45.3. The number of aromatic nitrogens is 1. The number of aryl methyl sites for hydroxylation is 1. The van der Waals surface area contributed by atoms with Gasteiger partial charge >= 0.3 is 6.03 Å². The van der Waals surface area contributed by atoms with Gasteiger partial charge in [0.1, 0.15) is 11.4 Å². The molecule has 1 atom stereocenters. The van der Waals surface area contributed by atoms with Crippen molar-refractivity contribution in [3.8, 4) is 0 Å². The molecular formula is C26H33N5O3. The quantitative estimate of drug-likeness (QED) is 0.611. The SMILES string of the molecule is Cc1cccc(NC(=O)C2CCCN(C(=O)C3(NC(=O)NCc4ccccc4)CCCC3)C2)n1. The number of rotatable bonds is 6. The maximum atomic E-state index is 13.6. The van der Waals surface area contributed by atoms with Crippen molar-refractivity contribution >= 4 is 23.7 Å². The molecule has 4 rings (SSSR count). The Balaban J connectivity index is 1.37. The number of piperidine rings is 1. The van der Waals surface area contributed by atoms with Crippen molar-refractivity contribution < 1.29 is 14.4 Å². The lowest BCUT2D eigenvalue weighted by atomic mass is 9.91. The summed E-state index contributed by atoms with van der Waals surface area (Å²) in [6, 6.07) is 14.8. The smallest absolute Gasteiger partial charge is 0.315 e. The summed E-state index contributed by atoms with van der Waals surface area (Å²) in [6.45, 7) is 3.22. The monoisotopic (exact) mass is 463 g/mol. The van der Waals surface area contributed by atoms with Crippen LogP contribution in [0.1, 0.15) is 49.8 Å². The minimum Gasteiger partial charge on any atom is -0.340 e. The Kier molecular flexibility index (Phi) is 7.45. The topological polar surface area (TPSA) is 103 Å². The van der Waals surface area contributed by atoms with E-state index in [-0.39, 0.29) is 23.8 Å². The number of carbonyl (C=O) groups is 3. The van der Waals surface area contributed by atoms with Gasteiger partial charge in [0.15, 0.2) is 0 Å². The molecule has 34 heavy (non-hydrogen) atoms. The number of benzene rings is 1. The molecule has 1 aromatic carbocycles. The Bertz CT molecular complexity index is 1020. The van der Waals surface area contributed by atoms with Gasteiger partial charge in [0.05, 0.1) is 5.92 Å². The van der Waals surface area contributed by atoms with Crippen molar-refractivity contribution in [1.29, 1.82) is 0 Å². The van der Waals surface area contributed by atoms with Crippen molar-refractivity contribution in [3.63, 3.8) is 0 Å². The molecule has 0 radical (unpaired) electrons. The largest absolute Gasteiger partial charge is 0.340 e. The molecule has 2 aromatic rings. The lowest BCUT2D eigenvalue weighted by Gasteiger charge is -2.39. The molecule has 1 saturated carbocycles. The zero-order chi connectivity index (χ0) is 24.0. The number of urea groups is 1. The first kappa shape index (κ1) is 23.7. The summed E-state index contributed by atoms with van der Waals surface area (Å²) >= 11 is 0. The average Bonchev–Trinajstić information content (AvgIpc) is 3.32. The van der Waals surface area contributed by atoms with Crippen LogP contribution in [0.25, 0.3) is 0 Å². The van der Waals surface area contributed by atoms with Crippen LogP contribution in [-0.2, 0) is 16.1 Å². The predicted molar refractivity (Wildman–Crippen MR) is 130 cm³/mol. The third kappa shape index (κ3) is 5.73. The van der Waals surface area contributed by atoms with Gasteiger partial charge < -0.3 is 20.9 Å². The summed E-state index contributed by atoms with van der Waals surface area (Å²) in [5.74, 6) is 0.0264. The molecular weight excluding hydrogens is 430 g/mol. The summed E-state index contributed by atoms with van der Waals surface area (Å²) in [6.07, 6.45) is 4.49. The summed E-state index contributed by atoms with van der Waals surface area (Å²) in [5, 5.41) is 8.76. The molecule has 2 fully saturated rings. The molecule has 180 valence electrons. The van der Waals surface area contributed by atoms with E-state index >= 15 is 0 Å². The molecule has 8 nitrogen and oxygen atoms in total. The van der Waals surface area contributed by atoms with Crippen LogP contribution in [0.5, 0.6) is 0 Å². The van der Waals surface area contributed by atoms with Gasteiger partial charge in [-0.3, -0.25) is 9.59 Å². The Morgan fingerprint density at radius 1 is 1.03 bits per heavy atom.